The van der Waals surface area contributed by atoms with Gasteiger partial charge in [0.05, 0.1) is 18.4 Å². The molecule has 0 fully saturated rings. The van der Waals surface area contributed by atoms with Crippen LogP contribution >= 0.6 is 27.5 Å². The van der Waals surface area contributed by atoms with E-state index in [4.69, 9.17) is 16.3 Å². The Morgan fingerprint density at radius 3 is 2.69 bits per heavy atom. The number of benzene rings is 3. The number of ether oxygens (including phenoxy) is 1. The van der Waals surface area contributed by atoms with Crippen LogP contribution in [0.1, 0.15) is 27.0 Å². The molecule has 3 aromatic carbocycles. The molecule has 162 valence electrons. The number of nitrogens with zero attached hydrogens (tertiary/aromatic N) is 2. The summed E-state index contributed by atoms with van der Waals surface area (Å²) in [5.41, 5.74) is 4.19. The van der Waals surface area contributed by atoms with Crippen molar-refractivity contribution in [1.29, 1.82) is 0 Å². The summed E-state index contributed by atoms with van der Waals surface area (Å²) in [5.74, 6) is 0.570. The highest BCUT2D eigenvalue weighted by atomic mass is 79.9. The van der Waals surface area contributed by atoms with Crippen molar-refractivity contribution < 1.29 is 9.53 Å². The Kier molecular flexibility index (Phi) is 6.93. The third-order valence-electron chi connectivity index (χ3n) is 4.87. The number of rotatable bonds is 7. The fourth-order valence-electron chi connectivity index (χ4n) is 3.23. The Labute approximate surface area is 200 Å². The lowest BCUT2D eigenvalue weighted by molar-refractivity contribution is 0.102. The second-order valence-corrected chi connectivity index (χ2v) is 8.76. The van der Waals surface area contributed by atoms with Gasteiger partial charge in [0, 0.05) is 21.3 Å². The molecule has 0 radical (unpaired) electrons. The zero-order chi connectivity index (χ0) is 22.5. The molecule has 4 aromatic rings. The molecule has 1 heterocycles. The summed E-state index contributed by atoms with van der Waals surface area (Å²) in [6, 6.07) is 20.9. The monoisotopic (exact) mass is 509 g/mol. The van der Waals surface area contributed by atoms with Gasteiger partial charge in [-0.3, -0.25) is 9.48 Å². The Morgan fingerprint density at radius 2 is 1.91 bits per heavy atom. The van der Waals surface area contributed by atoms with Gasteiger partial charge in [0.25, 0.3) is 5.91 Å². The van der Waals surface area contributed by atoms with Crippen LogP contribution in [-0.2, 0) is 13.2 Å². The zero-order valence-corrected chi connectivity index (χ0v) is 19.7. The van der Waals surface area contributed by atoms with Crippen molar-refractivity contribution in [2.45, 2.75) is 20.1 Å². The van der Waals surface area contributed by atoms with Gasteiger partial charge in [-0.05, 0) is 66.1 Å². The molecular weight excluding hydrogens is 490 g/mol. The highest BCUT2D eigenvalue weighted by Crippen LogP contribution is 2.23. The van der Waals surface area contributed by atoms with Crippen molar-refractivity contribution >= 4 is 39.1 Å². The molecule has 0 atom stereocenters. The molecule has 0 aliphatic rings. The van der Waals surface area contributed by atoms with Crippen molar-refractivity contribution in [1.82, 2.24) is 9.78 Å². The standard InChI is InChI=1S/C25H21BrClN3O2/c1-17-11-22(27)9-10-24(17)32-16-19-3-2-4-20(12-19)25(31)29-23-13-28-30(15-23)14-18-5-7-21(26)8-6-18/h2-13,15H,14,16H2,1H3,(H,29,31). The average Bonchev–Trinajstić information content (AvgIpc) is 3.21. The van der Waals surface area contributed by atoms with Gasteiger partial charge in [0.1, 0.15) is 12.4 Å². The van der Waals surface area contributed by atoms with E-state index in [1.165, 1.54) is 0 Å². The van der Waals surface area contributed by atoms with E-state index in [2.05, 4.69) is 26.3 Å². The number of nitrogens with one attached hydrogen (secondary N) is 1. The van der Waals surface area contributed by atoms with Crippen LogP contribution in [0.2, 0.25) is 5.02 Å². The third kappa shape index (κ3) is 5.78. The summed E-state index contributed by atoms with van der Waals surface area (Å²) in [7, 11) is 0. The first-order valence-corrected chi connectivity index (χ1v) is 11.2. The third-order valence-corrected chi connectivity index (χ3v) is 5.63. The lowest BCUT2D eigenvalue weighted by Crippen LogP contribution is -2.12. The molecule has 0 spiro atoms. The summed E-state index contributed by atoms with van der Waals surface area (Å²) < 4.78 is 8.71. The van der Waals surface area contributed by atoms with Gasteiger partial charge in [-0.25, -0.2) is 0 Å². The van der Waals surface area contributed by atoms with Crippen LogP contribution < -0.4 is 10.1 Å². The van der Waals surface area contributed by atoms with Crippen LogP contribution in [0.25, 0.3) is 0 Å². The van der Waals surface area contributed by atoms with E-state index in [0.29, 0.717) is 29.4 Å². The Balaban J connectivity index is 1.37. The number of carbonyl (C=O) groups is 1. The fourth-order valence-corrected chi connectivity index (χ4v) is 3.72. The topological polar surface area (TPSA) is 56.1 Å². The largest absolute Gasteiger partial charge is 0.489 e. The molecule has 0 bridgehead atoms. The van der Waals surface area contributed by atoms with E-state index in [1.807, 2.05) is 67.7 Å². The Bertz CT molecular complexity index is 1240. The summed E-state index contributed by atoms with van der Waals surface area (Å²) in [6.45, 7) is 2.93. The van der Waals surface area contributed by atoms with Crippen LogP contribution in [0.3, 0.4) is 0 Å². The quantitative estimate of drug-likeness (QED) is 0.309. The molecule has 0 saturated carbocycles. The number of carbonyl (C=O) groups excluding carboxylic acids is 1. The molecule has 5 nitrogen and oxygen atoms in total. The summed E-state index contributed by atoms with van der Waals surface area (Å²) in [4.78, 5) is 12.7. The normalized spacial score (nSPS) is 10.7. The zero-order valence-electron chi connectivity index (χ0n) is 17.4. The van der Waals surface area contributed by atoms with E-state index in [9.17, 15) is 4.79 Å². The SMILES string of the molecule is Cc1cc(Cl)ccc1OCc1cccc(C(=O)Nc2cnn(Cc3ccc(Br)cc3)c2)c1. The molecule has 4 rings (SSSR count). The molecule has 0 aliphatic heterocycles. The van der Waals surface area contributed by atoms with Crippen molar-refractivity contribution in [3.63, 3.8) is 0 Å². The van der Waals surface area contributed by atoms with Crippen LogP contribution in [0.15, 0.2) is 83.6 Å². The maximum Gasteiger partial charge on any atom is 0.255 e. The number of aromatic nitrogens is 2. The second-order valence-electron chi connectivity index (χ2n) is 7.41. The Morgan fingerprint density at radius 1 is 1.09 bits per heavy atom. The van der Waals surface area contributed by atoms with Crippen LogP contribution in [0, 0.1) is 6.92 Å². The predicted octanol–water partition coefficient (Wildman–Crippen LogP) is 6.49. The van der Waals surface area contributed by atoms with Crippen molar-refractivity contribution in [3.05, 3.63) is 111 Å². The van der Waals surface area contributed by atoms with E-state index < -0.39 is 0 Å². The Hall–Kier alpha value is -3.09. The van der Waals surface area contributed by atoms with Crippen LogP contribution in [-0.4, -0.2) is 15.7 Å². The summed E-state index contributed by atoms with van der Waals surface area (Å²) >= 11 is 9.43. The number of hydrogen-bond donors (Lipinski definition) is 1. The van der Waals surface area contributed by atoms with Gasteiger partial charge in [-0.2, -0.15) is 5.10 Å². The first-order chi connectivity index (χ1) is 15.5. The molecular formula is C25H21BrClN3O2. The van der Waals surface area contributed by atoms with Crippen LogP contribution in [0.5, 0.6) is 5.75 Å². The minimum Gasteiger partial charge on any atom is -0.489 e. The maximum absolute atomic E-state index is 12.7. The minimum absolute atomic E-state index is 0.197. The predicted molar refractivity (Wildman–Crippen MR) is 130 cm³/mol. The van der Waals surface area contributed by atoms with E-state index in [0.717, 1.165) is 26.9 Å². The van der Waals surface area contributed by atoms with E-state index >= 15 is 0 Å². The van der Waals surface area contributed by atoms with E-state index in [-0.39, 0.29) is 5.91 Å². The lowest BCUT2D eigenvalue weighted by Gasteiger charge is -2.10. The van der Waals surface area contributed by atoms with E-state index in [1.54, 1.807) is 23.0 Å². The van der Waals surface area contributed by atoms with Crippen molar-refractivity contribution in [2.75, 3.05) is 5.32 Å². The number of amides is 1. The molecule has 0 unspecified atom stereocenters. The summed E-state index contributed by atoms with van der Waals surface area (Å²) in [5, 5.41) is 7.92. The summed E-state index contributed by atoms with van der Waals surface area (Å²) in [6.07, 6.45) is 3.46. The maximum atomic E-state index is 12.7. The number of hydrogen-bond acceptors (Lipinski definition) is 3. The first kappa shape index (κ1) is 22.1. The van der Waals surface area contributed by atoms with Gasteiger partial charge in [0.15, 0.2) is 0 Å². The van der Waals surface area contributed by atoms with Gasteiger partial charge in [-0.15, -0.1) is 0 Å². The molecule has 7 heteroatoms. The average molecular weight is 511 g/mol. The fraction of sp³-hybridized carbons (Fsp3) is 0.120. The highest BCUT2D eigenvalue weighted by Gasteiger charge is 2.09. The van der Waals surface area contributed by atoms with Crippen molar-refractivity contribution in [2.24, 2.45) is 0 Å². The number of halogens is 2. The smallest absolute Gasteiger partial charge is 0.255 e. The molecule has 0 saturated heterocycles. The van der Waals surface area contributed by atoms with Crippen LogP contribution in [0.4, 0.5) is 5.69 Å². The first-order valence-electron chi connectivity index (χ1n) is 10.0. The molecule has 0 aliphatic carbocycles. The molecule has 1 N–H and O–H groups in total. The van der Waals surface area contributed by atoms with Crippen molar-refractivity contribution in [3.8, 4) is 5.75 Å². The lowest BCUT2D eigenvalue weighted by atomic mass is 10.1. The highest BCUT2D eigenvalue weighted by molar-refractivity contribution is 9.10. The molecule has 1 amide bonds. The molecule has 1 aromatic heterocycles. The van der Waals surface area contributed by atoms with Gasteiger partial charge < -0.3 is 10.1 Å². The number of anilines is 1. The molecule has 32 heavy (non-hydrogen) atoms. The second kappa shape index (κ2) is 10.0. The van der Waals surface area contributed by atoms with Gasteiger partial charge in [0.2, 0.25) is 0 Å². The van der Waals surface area contributed by atoms with Gasteiger partial charge in [-0.1, -0.05) is 51.8 Å². The minimum atomic E-state index is -0.197. The van der Waals surface area contributed by atoms with Gasteiger partial charge >= 0.3 is 0 Å². The number of aryl methyl sites for hydroxylation is 1.